The first-order valence-corrected chi connectivity index (χ1v) is 10.6. The summed E-state index contributed by atoms with van der Waals surface area (Å²) in [5.41, 5.74) is 4.08. The highest BCUT2D eigenvalue weighted by atomic mass is 16.5. The smallest absolute Gasteiger partial charge is 0.219 e. The maximum absolute atomic E-state index is 11.9. The molecule has 1 saturated heterocycles. The van der Waals surface area contributed by atoms with E-state index in [9.17, 15) is 4.79 Å². The molecule has 156 valence electrons. The van der Waals surface area contributed by atoms with Crippen LogP contribution in [0.4, 0.5) is 0 Å². The Bertz CT molecular complexity index is 1010. The molecule has 3 aliphatic rings. The van der Waals surface area contributed by atoms with Crippen molar-refractivity contribution in [1.82, 2.24) is 9.91 Å². The molecule has 0 N–H and O–H groups in total. The molecule has 5 rings (SSSR count). The zero-order valence-corrected chi connectivity index (χ0v) is 17.7. The third kappa shape index (κ3) is 3.02. The molecule has 6 heteroatoms. The quantitative estimate of drug-likeness (QED) is 0.761. The van der Waals surface area contributed by atoms with Gasteiger partial charge in [0.15, 0.2) is 0 Å². The first-order valence-electron chi connectivity index (χ1n) is 10.6. The number of hydrazone groups is 1. The van der Waals surface area contributed by atoms with Crippen molar-refractivity contribution >= 4 is 11.6 Å². The normalized spacial score (nSPS) is 21.6. The van der Waals surface area contributed by atoms with Crippen molar-refractivity contribution in [1.29, 1.82) is 0 Å². The van der Waals surface area contributed by atoms with Crippen molar-refractivity contribution in [3.8, 4) is 11.5 Å². The number of piperidine rings is 1. The maximum atomic E-state index is 11.9. The molecule has 2 aromatic rings. The van der Waals surface area contributed by atoms with Crippen molar-refractivity contribution in [3.05, 3.63) is 59.2 Å². The van der Waals surface area contributed by atoms with Crippen molar-refractivity contribution in [2.45, 2.75) is 44.9 Å². The SMILES string of the molecule is COc1ccc(C2=NN3[C@@H](C2)c2cc(C)ccc2OC32CCN(C(C)=O)CC2)cc1. The van der Waals surface area contributed by atoms with Crippen molar-refractivity contribution in [2.75, 3.05) is 20.2 Å². The average Bonchev–Trinajstić information content (AvgIpc) is 3.22. The van der Waals surface area contributed by atoms with Crippen LogP contribution in [0.2, 0.25) is 0 Å². The van der Waals surface area contributed by atoms with Crippen LogP contribution in [0.1, 0.15) is 48.9 Å². The molecule has 2 aromatic carbocycles. The van der Waals surface area contributed by atoms with Crippen molar-refractivity contribution in [2.24, 2.45) is 5.10 Å². The first-order chi connectivity index (χ1) is 14.5. The Labute approximate surface area is 177 Å². The number of benzene rings is 2. The van der Waals surface area contributed by atoms with Gasteiger partial charge in [-0.3, -0.25) is 4.79 Å². The molecule has 1 atom stereocenters. The zero-order chi connectivity index (χ0) is 20.9. The Kier molecular flexibility index (Phi) is 4.45. The van der Waals surface area contributed by atoms with Crippen LogP contribution in [0.5, 0.6) is 11.5 Å². The number of hydrogen-bond acceptors (Lipinski definition) is 5. The fourth-order valence-corrected chi connectivity index (χ4v) is 4.86. The number of carbonyl (C=O) groups is 1. The van der Waals surface area contributed by atoms with Gasteiger partial charge in [-0.05, 0) is 42.8 Å². The van der Waals surface area contributed by atoms with Crippen molar-refractivity contribution < 1.29 is 14.3 Å². The molecule has 6 nitrogen and oxygen atoms in total. The van der Waals surface area contributed by atoms with E-state index in [4.69, 9.17) is 14.6 Å². The van der Waals surface area contributed by atoms with E-state index in [2.05, 4.69) is 42.3 Å². The van der Waals surface area contributed by atoms with Crippen LogP contribution in [0, 0.1) is 6.92 Å². The molecule has 1 amide bonds. The molecule has 30 heavy (non-hydrogen) atoms. The number of rotatable bonds is 2. The fourth-order valence-electron chi connectivity index (χ4n) is 4.86. The van der Waals surface area contributed by atoms with Crippen LogP contribution >= 0.6 is 0 Å². The summed E-state index contributed by atoms with van der Waals surface area (Å²) in [5, 5.41) is 7.28. The number of amides is 1. The standard InChI is InChI=1S/C24H27N3O3/c1-16-4-9-23-20(14-16)22-15-21(18-5-7-19(29-3)8-6-18)25-27(22)24(30-23)10-12-26(13-11-24)17(2)28/h4-9,14,22H,10-13,15H2,1-3H3/t22-/m0/s1. The van der Waals surface area contributed by atoms with Crippen LogP contribution in [0.3, 0.4) is 0 Å². The number of nitrogens with zero attached hydrogens (tertiary/aromatic N) is 3. The second-order valence-corrected chi connectivity index (χ2v) is 8.44. The van der Waals surface area contributed by atoms with Gasteiger partial charge in [-0.15, -0.1) is 0 Å². The molecule has 0 aliphatic carbocycles. The minimum atomic E-state index is -0.507. The lowest BCUT2D eigenvalue weighted by Gasteiger charge is -2.51. The van der Waals surface area contributed by atoms with Gasteiger partial charge in [0.25, 0.3) is 0 Å². The van der Waals surface area contributed by atoms with E-state index < -0.39 is 5.72 Å². The van der Waals surface area contributed by atoms with Crippen LogP contribution in [0.15, 0.2) is 47.6 Å². The van der Waals surface area contributed by atoms with Gasteiger partial charge in [-0.2, -0.15) is 5.10 Å². The van der Waals surface area contributed by atoms with Gasteiger partial charge in [-0.1, -0.05) is 17.7 Å². The number of carbonyl (C=O) groups excluding carboxylic acids is 1. The number of fused-ring (bicyclic) bond motifs is 4. The topological polar surface area (TPSA) is 54.4 Å². The number of methoxy groups -OCH3 is 1. The lowest BCUT2D eigenvalue weighted by Crippen LogP contribution is -2.59. The summed E-state index contributed by atoms with van der Waals surface area (Å²) >= 11 is 0. The van der Waals surface area contributed by atoms with Gasteiger partial charge >= 0.3 is 0 Å². The maximum Gasteiger partial charge on any atom is 0.219 e. The van der Waals surface area contributed by atoms with Crippen LogP contribution in [-0.4, -0.2) is 47.5 Å². The second-order valence-electron chi connectivity index (χ2n) is 8.44. The minimum absolute atomic E-state index is 0.122. The van der Waals surface area contributed by atoms with E-state index in [0.29, 0.717) is 13.1 Å². The molecule has 0 unspecified atom stereocenters. The van der Waals surface area contributed by atoms with Crippen LogP contribution in [-0.2, 0) is 4.79 Å². The number of likely N-dealkylation sites (tertiary alicyclic amines) is 1. The highest BCUT2D eigenvalue weighted by molar-refractivity contribution is 6.02. The molecule has 1 fully saturated rings. The van der Waals surface area contributed by atoms with E-state index in [1.165, 1.54) is 11.1 Å². The molecule has 0 radical (unpaired) electrons. The minimum Gasteiger partial charge on any atom is -0.497 e. The van der Waals surface area contributed by atoms with E-state index in [0.717, 1.165) is 42.0 Å². The largest absolute Gasteiger partial charge is 0.497 e. The molecular weight excluding hydrogens is 378 g/mol. The predicted octanol–water partition coefficient (Wildman–Crippen LogP) is 3.89. The Hall–Kier alpha value is -3.02. The number of hydrogen-bond donors (Lipinski definition) is 0. The summed E-state index contributed by atoms with van der Waals surface area (Å²) in [6, 6.07) is 14.7. The Balaban J connectivity index is 1.53. The summed E-state index contributed by atoms with van der Waals surface area (Å²) in [7, 11) is 1.68. The average molecular weight is 405 g/mol. The van der Waals surface area contributed by atoms with Crippen molar-refractivity contribution in [3.63, 3.8) is 0 Å². The highest BCUT2D eigenvalue weighted by Crippen LogP contribution is 2.50. The molecule has 3 aliphatic heterocycles. The number of aryl methyl sites for hydroxylation is 1. The lowest BCUT2D eigenvalue weighted by atomic mass is 9.90. The summed E-state index contributed by atoms with van der Waals surface area (Å²) in [6.07, 6.45) is 2.33. The second kappa shape index (κ2) is 7.04. The van der Waals surface area contributed by atoms with Gasteiger partial charge in [0.05, 0.1) is 18.9 Å². The van der Waals surface area contributed by atoms with Gasteiger partial charge in [0.2, 0.25) is 11.6 Å². The summed E-state index contributed by atoms with van der Waals surface area (Å²) in [5.74, 6) is 1.91. The van der Waals surface area contributed by atoms with Gasteiger partial charge in [-0.25, -0.2) is 5.01 Å². The van der Waals surface area contributed by atoms with E-state index >= 15 is 0 Å². The lowest BCUT2D eigenvalue weighted by molar-refractivity contribution is -0.158. The fraction of sp³-hybridized carbons (Fsp3) is 0.417. The molecular formula is C24H27N3O3. The van der Waals surface area contributed by atoms with E-state index in [-0.39, 0.29) is 11.9 Å². The van der Waals surface area contributed by atoms with Gasteiger partial charge in [0.1, 0.15) is 11.5 Å². The highest BCUT2D eigenvalue weighted by Gasteiger charge is 2.52. The Morgan fingerprint density at radius 1 is 1.17 bits per heavy atom. The zero-order valence-electron chi connectivity index (χ0n) is 17.7. The first kappa shape index (κ1) is 19.0. The van der Waals surface area contributed by atoms with Crippen LogP contribution < -0.4 is 9.47 Å². The third-order valence-corrected chi connectivity index (χ3v) is 6.57. The monoisotopic (exact) mass is 405 g/mol. The Morgan fingerprint density at radius 3 is 2.57 bits per heavy atom. The van der Waals surface area contributed by atoms with E-state index in [1.807, 2.05) is 17.0 Å². The molecule has 0 aromatic heterocycles. The van der Waals surface area contributed by atoms with E-state index in [1.54, 1.807) is 14.0 Å². The van der Waals surface area contributed by atoms with Gasteiger partial charge < -0.3 is 14.4 Å². The molecule has 1 spiro atoms. The summed E-state index contributed by atoms with van der Waals surface area (Å²) in [6.45, 7) is 5.12. The summed E-state index contributed by atoms with van der Waals surface area (Å²) < 4.78 is 11.9. The molecule has 3 heterocycles. The van der Waals surface area contributed by atoms with Gasteiger partial charge in [0, 0.05) is 44.8 Å². The number of ether oxygens (including phenoxy) is 2. The van der Waals surface area contributed by atoms with Crippen LogP contribution in [0.25, 0.3) is 0 Å². The predicted molar refractivity (Wildman–Crippen MR) is 115 cm³/mol. The summed E-state index contributed by atoms with van der Waals surface area (Å²) in [4.78, 5) is 13.8. The Morgan fingerprint density at radius 2 is 1.90 bits per heavy atom. The molecule has 0 bridgehead atoms. The molecule has 0 saturated carbocycles. The third-order valence-electron chi connectivity index (χ3n) is 6.57.